The van der Waals surface area contributed by atoms with E-state index in [9.17, 15) is 4.79 Å². The maximum Gasteiger partial charge on any atom is 0.329 e. The maximum atomic E-state index is 10.8. The van der Waals surface area contributed by atoms with Crippen molar-refractivity contribution in [2.24, 2.45) is 5.84 Å². The summed E-state index contributed by atoms with van der Waals surface area (Å²) in [4.78, 5) is 10.8. The van der Waals surface area contributed by atoms with Crippen molar-refractivity contribution >= 4 is 6.03 Å². The number of carbonyl (C=O) groups is 1. The summed E-state index contributed by atoms with van der Waals surface area (Å²) in [7, 11) is 0. The third-order valence-electron chi connectivity index (χ3n) is 1.78. The number of rotatable bonds is 2. The molecule has 0 fully saturated rings. The molecule has 0 radical (unpaired) electrons. The molecule has 0 bridgehead atoms. The molecule has 0 aromatic heterocycles. The first-order valence-electron chi connectivity index (χ1n) is 4.06. The van der Waals surface area contributed by atoms with Crippen molar-refractivity contribution in [2.75, 3.05) is 0 Å². The fourth-order valence-electron chi connectivity index (χ4n) is 1.06. The average molecular weight is 179 g/mol. The van der Waals surface area contributed by atoms with E-state index in [0.717, 1.165) is 5.56 Å². The van der Waals surface area contributed by atoms with Crippen molar-refractivity contribution in [3.8, 4) is 0 Å². The van der Waals surface area contributed by atoms with Gasteiger partial charge in [-0.05, 0) is 12.5 Å². The van der Waals surface area contributed by atoms with Gasteiger partial charge in [0.1, 0.15) is 0 Å². The monoisotopic (exact) mass is 179 g/mol. The van der Waals surface area contributed by atoms with E-state index in [1.54, 1.807) is 0 Å². The van der Waals surface area contributed by atoms with Crippen LogP contribution in [0.5, 0.6) is 0 Å². The van der Waals surface area contributed by atoms with Crippen LogP contribution in [0.1, 0.15) is 18.5 Å². The topological polar surface area (TPSA) is 67.2 Å². The second-order valence-corrected chi connectivity index (χ2v) is 2.75. The molecule has 0 heterocycles. The van der Waals surface area contributed by atoms with Crippen molar-refractivity contribution in [2.45, 2.75) is 13.0 Å². The zero-order chi connectivity index (χ0) is 9.68. The van der Waals surface area contributed by atoms with E-state index in [1.165, 1.54) is 0 Å². The minimum Gasteiger partial charge on any atom is -0.331 e. The Labute approximate surface area is 77.1 Å². The zero-order valence-corrected chi connectivity index (χ0v) is 7.45. The lowest BCUT2D eigenvalue weighted by Crippen LogP contribution is -2.40. The Morgan fingerprint density at radius 1 is 1.38 bits per heavy atom. The van der Waals surface area contributed by atoms with Crippen molar-refractivity contribution in [3.05, 3.63) is 35.9 Å². The molecule has 0 unspecified atom stereocenters. The summed E-state index contributed by atoms with van der Waals surface area (Å²) >= 11 is 0. The van der Waals surface area contributed by atoms with Crippen LogP contribution >= 0.6 is 0 Å². The second kappa shape index (κ2) is 4.47. The quantitative estimate of drug-likeness (QED) is 0.359. The molecule has 4 heteroatoms. The summed E-state index contributed by atoms with van der Waals surface area (Å²) in [6.07, 6.45) is 0. The van der Waals surface area contributed by atoms with E-state index in [0.29, 0.717) is 0 Å². The molecular formula is C9H13N3O. The van der Waals surface area contributed by atoms with Gasteiger partial charge in [-0.25, -0.2) is 10.6 Å². The lowest BCUT2D eigenvalue weighted by molar-refractivity contribution is 0.238. The lowest BCUT2D eigenvalue weighted by Gasteiger charge is -2.13. The molecule has 1 atom stereocenters. The Balaban J connectivity index is 2.59. The van der Waals surface area contributed by atoms with Crippen molar-refractivity contribution in [3.63, 3.8) is 0 Å². The third-order valence-corrected chi connectivity index (χ3v) is 1.78. The van der Waals surface area contributed by atoms with E-state index < -0.39 is 0 Å². The number of nitrogens with one attached hydrogen (secondary N) is 2. The summed E-state index contributed by atoms with van der Waals surface area (Å²) < 4.78 is 0. The van der Waals surface area contributed by atoms with Crippen LogP contribution in [0.3, 0.4) is 0 Å². The largest absolute Gasteiger partial charge is 0.331 e. The molecule has 1 aromatic carbocycles. The smallest absolute Gasteiger partial charge is 0.329 e. The van der Waals surface area contributed by atoms with Gasteiger partial charge in [0.15, 0.2) is 0 Å². The molecule has 1 aromatic rings. The highest BCUT2D eigenvalue weighted by Crippen LogP contribution is 2.10. The van der Waals surface area contributed by atoms with Crippen LogP contribution in [0.4, 0.5) is 4.79 Å². The van der Waals surface area contributed by atoms with Gasteiger partial charge in [0, 0.05) is 0 Å². The molecule has 0 saturated carbocycles. The average Bonchev–Trinajstić information content (AvgIpc) is 2.19. The van der Waals surface area contributed by atoms with E-state index in [1.807, 2.05) is 42.7 Å². The Morgan fingerprint density at radius 3 is 2.54 bits per heavy atom. The second-order valence-electron chi connectivity index (χ2n) is 2.75. The Morgan fingerprint density at radius 2 is 2.00 bits per heavy atom. The number of hydrogen-bond acceptors (Lipinski definition) is 2. The molecule has 13 heavy (non-hydrogen) atoms. The standard InChI is InChI=1S/C9H13N3O/c1-7(11-9(13)12-10)8-5-3-2-4-6-8/h2-7H,10H2,1H3,(H2,11,12,13)/t7-/m0/s1. The number of amides is 2. The van der Waals surface area contributed by atoms with Crippen molar-refractivity contribution in [1.29, 1.82) is 0 Å². The zero-order valence-electron chi connectivity index (χ0n) is 7.45. The van der Waals surface area contributed by atoms with E-state index in [2.05, 4.69) is 5.32 Å². The van der Waals surface area contributed by atoms with Gasteiger partial charge in [0.2, 0.25) is 0 Å². The minimum atomic E-state index is -0.378. The van der Waals surface area contributed by atoms with Crippen LogP contribution < -0.4 is 16.6 Å². The van der Waals surface area contributed by atoms with Gasteiger partial charge in [-0.2, -0.15) is 0 Å². The Bertz CT molecular complexity index is 273. The highest BCUT2D eigenvalue weighted by Gasteiger charge is 2.06. The van der Waals surface area contributed by atoms with Crippen molar-refractivity contribution < 1.29 is 4.79 Å². The molecular weight excluding hydrogens is 166 g/mol. The van der Waals surface area contributed by atoms with Crippen LogP contribution in [0.25, 0.3) is 0 Å². The molecule has 0 spiro atoms. The molecule has 4 N–H and O–H groups in total. The van der Waals surface area contributed by atoms with Gasteiger partial charge in [-0.1, -0.05) is 30.3 Å². The van der Waals surface area contributed by atoms with E-state index in [4.69, 9.17) is 5.84 Å². The van der Waals surface area contributed by atoms with Crippen molar-refractivity contribution in [1.82, 2.24) is 10.7 Å². The number of hydrazine groups is 1. The van der Waals surface area contributed by atoms with Crippen LogP contribution in [0.15, 0.2) is 30.3 Å². The van der Waals surface area contributed by atoms with E-state index in [-0.39, 0.29) is 12.1 Å². The van der Waals surface area contributed by atoms with Crippen LogP contribution in [0.2, 0.25) is 0 Å². The molecule has 4 nitrogen and oxygen atoms in total. The molecule has 70 valence electrons. The molecule has 0 aliphatic rings. The number of carbonyl (C=O) groups excluding carboxylic acids is 1. The Kier molecular flexibility index (Phi) is 3.28. The normalized spacial score (nSPS) is 11.8. The third kappa shape index (κ3) is 2.76. The van der Waals surface area contributed by atoms with Gasteiger partial charge in [0.05, 0.1) is 6.04 Å². The number of urea groups is 1. The van der Waals surface area contributed by atoms with Gasteiger partial charge in [0.25, 0.3) is 0 Å². The first-order valence-corrected chi connectivity index (χ1v) is 4.06. The predicted molar refractivity (Wildman–Crippen MR) is 50.7 cm³/mol. The minimum absolute atomic E-state index is 0.0373. The Hall–Kier alpha value is -1.55. The number of hydrogen-bond donors (Lipinski definition) is 3. The first kappa shape index (κ1) is 9.54. The molecule has 0 aliphatic heterocycles. The van der Waals surface area contributed by atoms with Gasteiger partial charge >= 0.3 is 6.03 Å². The fraction of sp³-hybridized carbons (Fsp3) is 0.222. The fourth-order valence-corrected chi connectivity index (χ4v) is 1.06. The molecule has 0 saturated heterocycles. The summed E-state index contributed by atoms with van der Waals surface area (Å²) in [6, 6.07) is 9.25. The van der Waals surface area contributed by atoms with Gasteiger partial charge in [-0.3, -0.25) is 5.43 Å². The van der Waals surface area contributed by atoms with Crippen LogP contribution in [0, 0.1) is 0 Å². The summed E-state index contributed by atoms with van der Waals surface area (Å²) in [6.45, 7) is 1.89. The maximum absolute atomic E-state index is 10.8. The van der Waals surface area contributed by atoms with Gasteiger partial charge in [-0.15, -0.1) is 0 Å². The SMILES string of the molecule is C[C@H](NC(=O)NN)c1ccccc1. The van der Waals surface area contributed by atoms with E-state index >= 15 is 0 Å². The lowest BCUT2D eigenvalue weighted by atomic mass is 10.1. The molecule has 0 aliphatic carbocycles. The molecule has 1 rings (SSSR count). The summed E-state index contributed by atoms with van der Waals surface area (Å²) in [5.74, 6) is 4.94. The summed E-state index contributed by atoms with van der Waals surface area (Å²) in [5, 5.41) is 2.67. The predicted octanol–water partition coefficient (Wildman–Crippen LogP) is 0.920. The van der Waals surface area contributed by atoms with Gasteiger partial charge < -0.3 is 5.32 Å². The number of nitrogens with two attached hydrogens (primary N) is 1. The molecule has 2 amide bonds. The van der Waals surface area contributed by atoms with Crippen LogP contribution in [-0.2, 0) is 0 Å². The van der Waals surface area contributed by atoms with Crippen LogP contribution in [-0.4, -0.2) is 6.03 Å². The highest BCUT2D eigenvalue weighted by atomic mass is 16.2. The number of benzene rings is 1. The summed E-state index contributed by atoms with van der Waals surface area (Å²) in [5.41, 5.74) is 3.06. The first-order chi connectivity index (χ1) is 6.24. The highest BCUT2D eigenvalue weighted by molar-refractivity contribution is 5.73.